The van der Waals surface area contributed by atoms with Crippen molar-refractivity contribution in [2.75, 3.05) is 54.7 Å². The van der Waals surface area contributed by atoms with Crippen molar-refractivity contribution in [3.63, 3.8) is 0 Å². The molecule has 0 aliphatic carbocycles. The minimum atomic E-state index is -0.579. The molecular weight excluding hydrogens is 362 g/mol. The Kier molecular flexibility index (Phi) is 6.21. The van der Waals surface area contributed by atoms with Crippen LogP contribution in [0.1, 0.15) is 5.56 Å². The number of methoxy groups -OCH3 is 1. The topological polar surface area (TPSA) is 73.2 Å². The van der Waals surface area contributed by atoms with Gasteiger partial charge in [-0.05, 0) is 51.3 Å². The number of likely N-dealkylation sites (N-methyl/N-ethyl adjacent to an activating group) is 1. The zero-order valence-electron chi connectivity index (χ0n) is 16.8. The summed E-state index contributed by atoms with van der Waals surface area (Å²) in [5.74, 6) is 0.255. The second-order valence-electron chi connectivity index (χ2n) is 7.37. The fourth-order valence-corrected chi connectivity index (χ4v) is 3.27. The van der Waals surface area contributed by atoms with Gasteiger partial charge in [0.15, 0.2) is 0 Å². The summed E-state index contributed by atoms with van der Waals surface area (Å²) in [5, 5.41) is 0.938. The molecule has 0 radical (unpaired) electrons. The summed E-state index contributed by atoms with van der Waals surface area (Å²) >= 11 is 0. The largest absolute Gasteiger partial charge is 0.497 e. The van der Waals surface area contributed by atoms with Gasteiger partial charge in [-0.1, -0.05) is 0 Å². The van der Waals surface area contributed by atoms with E-state index in [1.165, 1.54) is 4.57 Å². The number of nitrogens with zero attached hydrogens (tertiary/aromatic N) is 3. The third-order valence-electron chi connectivity index (χ3n) is 4.90. The Bertz CT molecular complexity index is 855. The van der Waals surface area contributed by atoms with Gasteiger partial charge in [0, 0.05) is 31.2 Å². The van der Waals surface area contributed by atoms with Crippen LogP contribution in [0.15, 0.2) is 24.4 Å². The Hall–Kier alpha value is -2.58. The van der Waals surface area contributed by atoms with Gasteiger partial charge in [-0.3, -0.25) is 9.36 Å². The first-order valence-corrected chi connectivity index (χ1v) is 9.24. The standard InChI is InChI=1S/C20H27N3O5/c1-21(2)8-7-14-12-23(18-6-5-16(26-4)9-17(14)18)20(25)28-13-27-19(24)15-10-22(3)11-15/h5-6,9,12,15H,7-8,10-11,13H2,1-4H3. The van der Waals surface area contributed by atoms with Gasteiger partial charge in [-0.25, -0.2) is 4.79 Å². The van der Waals surface area contributed by atoms with Crippen LogP contribution in [0, 0.1) is 5.92 Å². The quantitative estimate of drug-likeness (QED) is 0.528. The maximum Gasteiger partial charge on any atom is 0.421 e. The van der Waals surface area contributed by atoms with Crippen molar-refractivity contribution in [2.24, 2.45) is 5.92 Å². The Balaban J connectivity index is 1.70. The highest BCUT2D eigenvalue weighted by Gasteiger charge is 2.31. The molecule has 0 spiro atoms. The second kappa shape index (κ2) is 8.62. The number of carbonyl (C=O) groups excluding carboxylic acids is 2. The van der Waals surface area contributed by atoms with E-state index in [1.807, 2.05) is 38.2 Å². The smallest absolute Gasteiger partial charge is 0.421 e. The highest BCUT2D eigenvalue weighted by Crippen LogP contribution is 2.27. The van der Waals surface area contributed by atoms with Crippen molar-refractivity contribution in [3.05, 3.63) is 30.0 Å². The van der Waals surface area contributed by atoms with E-state index in [-0.39, 0.29) is 18.7 Å². The van der Waals surface area contributed by atoms with Crippen LogP contribution in [0.3, 0.4) is 0 Å². The predicted octanol–water partition coefficient (Wildman–Crippen LogP) is 1.80. The molecule has 1 aromatic heterocycles. The average Bonchev–Trinajstić information content (AvgIpc) is 3.01. The van der Waals surface area contributed by atoms with Crippen LogP contribution in [0.25, 0.3) is 10.9 Å². The summed E-state index contributed by atoms with van der Waals surface area (Å²) in [7, 11) is 7.55. The van der Waals surface area contributed by atoms with Crippen molar-refractivity contribution >= 4 is 23.0 Å². The van der Waals surface area contributed by atoms with Gasteiger partial charge < -0.3 is 24.0 Å². The van der Waals surface area contributed by atoms with Crippen LogP contribution in [-0.2, 0) is 20.7 Å². The summed E-state index contributed by atoms with van der Waals surface area (Å²) in [6, 6.07) is 5.54. The number of ether oxygens (including phenoxy) is 3. The molecule has 8 heteroatoms. The third-order valence-corrected chi connectivity index (χ3v) is 4.90. The second-order valence-corrected chi connectivity index (χ2v) is 7.37. The maximum absolute atomic E-state index is 12.6. The molecule has 0 saturated carbocycles. The number of rotatable bonds is 7. The van der Waals surface area contributed by atoms with Gasteiger partial charge in [0.25, 0.3) is 0 Å². The number of aromatic nitrogens is 1. The van der Waals surface area contributed by atoms with Gasteiger partial charge in [0.2, 0.25) is 6.79 Å². The van der Waals surface area contributed by atoms with E-state index in [0.717, 1.165) is 35.2 Å². The number of carbonyl (C=O) groups is 2. The lowest BCUT2D eigenvalue weighted by atomic mass is 10.0. The minimum Gasteiger partial charge on any atom is -0.497 e. The zero-order chi connectivity index (χ0) is 20.3. The van der Waals surface area contributed by atoms with Crippen molar-refractivity contribution < 1.29 is 23.8 Å². The van der Waals surface area contributed by atoms with E-state index < -0.39 is 6.09 Å². The van der Waals surface area contributed by atoms with E-state index in [4.69, 9.17) is 14.2 Å². The number of benzene rings is 1. The van der Waals surface area contributed by atoms with Gasteiger partial charge in [-0.15, -0.1) is 0 Å². The van der Waals surface area contributed by atoms with Crippen LogP contribution in [-0.4, -0.2) is 81.1 Å². The summed E-state index contributed by atoms with van der Waals surface area (Å²) < 4.78 is 17.0. The fourth-order valence-electron chi connectivity index (χ4n) is 3.27. The van der Waals surface area contributed by atoms with Crippen LogP contribution in [0.4, 0.5) is 4.79 Å². The van der Waals surface area contributed by atoms with Crippen LogP contribution in [0.2, 0.25) is 0 Å². The van der Waals surface area contributed by atoms with E-state index >= 15 is 0 Å². The number of fused-ring (bicyclic) bond motifs is 1. The summed E-state index contributed by atoms with van der Waals surface area (Å²) in [6.07, 6.45) is 1.98. The highest BCUT2D eigenvalue weighted by atomic mass is 16.7. The first-order chi connectivity index (χ1) is 13.4. The van der Waals surface area contributed by atoms with E-state index in [1.54, 1.807) is 19.4 Å². The molecule has 0 amide bonds. The predicted molar refractivity (Wildman–Crippen MR) is 105 cm³/mol. The molecule has 1 aliphatic rings. The van der Waals surface area contributed by atoms with Crippen LogP contribution < -0.4 is 4.74 Å². The lowest BCUT2D eigenvalue weighted by Gasteiger charge is -2.33. The van der Waals surface area contributed by atoms with E-state index in [9.17, 15) is 9.59 Å². The molecule has 0 N–H and O–H groups in total. The zero-order valence-corrected chi connectivity index (χ0v) is 16.8. The molecule has 28 heavy (non-hydrogen) atoms. The monoisotopic (exact) mass is 389 g/mol. The molecule has 1 fully saturated rings. The molecule has 1 aliphatic heterocycles. The number of likely N-dealkylation sites (tertiary alicyclic amines) is 1. The SMILES string of the molecule is COc1ccc2c(c1)c(CCN(C)C)cn2C(=O)OCOC(=O)C1CN(C)C1. The lowest BCUT2D eigenvalue weighted by molar-refractivity contribution is -0.162. The molecule has 152 valence electrons. The normalized spacial score (nSPS) is 14.9. The Morgan fingerprint density at radius 2 is 1.96 bits per heavy atom. The van der Waals surface area contributed by atoms with Crippen molar-refractivity contribution in [3.8, 4) is 5.75 Å². The van der Waals surface area contributed by atoms with Crippen LogP contribution in [0.5, 0.6) is 5.75 Å². The van der Waals surface area contributed by atoms with Crippen molar-refractivity contribution in [1.29, 1.82) is 0 Å². The van der Waals surface area contributed by atoms with Crippen molar-refractivity contribution in [2.45, 2.75) is 6.42 Å². The average molecular weight is 389 g/mol. The van der Waals surface area contributed by atoms with Gasteiger partial charge in [0.1, 0.15) is 5.75 Å². The van der Waals surface area contributed by atoms with Gasteiger partial charge >= 0.3 is 12.1 Å². The third kappa shape index (κ3) is 4.45. The maximum atomic E-state index is 12.6. The molecule has 1 aromatic carbocycles. The summed E-state index contributed by atoms with van der Waals surface area (Å²) in [4.78, 5) is 28.5. The Morgan fingerprint density at radius 3 is 2.61 bits per heavy atom. The molecule has 2 heterocycles. The first-order valence-electron chi connectivity index (χ1n) is 9.24. The molecule has 0 atom stereocenters. The highest BCUT2D eigenvalue weighted by molar-refractivity contribution is 5.92. The Labute approximate surface area is 164 Å². The van der Waals surface area contributed by atoms with E-state index in [2.05, 4.69) is 4.90 Å². The lowest BCUT2D eigenvalue weighted by Crippen LogP contribution is -2.48. The summed E-state index contributed by atoms with van der Waals surface area (Å²) in [5.41, 5.74) is 1.75. The molecule has 0 unspecified atom stereocenters. The van der Waals surface area contributed by atoms with Gasteiger partial charge in [0.05, 0.1) is 18.5 Å². The molecular formula is C20H27N3O5. The van der Waals surface area contributed by atoms with E-state index in [0.29, 0.717) is 13.1 Å². The van der Waals surface area contributed by atoms with Gasteiger partial charge in [-0.2, -0.15) is 0 Å². The van der Waals surface area contributed by atoms with Crippen LogP contribution >= 0.6 is 0 Å². The number of hydrogen-bond donors (Lipinski definition) is 0. The Morgan fingerprint density at radius 1 is 1.21 bits per heavy atom. The number of hydrogen-bond acceptors (Lipinski definition) is 7. The molecule has 2 aromatic rings. The molecule has 8 nitrogen and oxygen atoms in total. The fraction of sp³-hybridized carbons (Fsp3) is 0.500. The molecule has 1 saturated heterocycles. The minimum absolute atomic E-state index is 0.138. The number of esters is 1. The van der Waals surface area contributed by atoms with Crippen molar-refractivity contribution in [1.82, 2.24) is 14.4 Å². The summed E-state index contributed by atoms with van der Waals surface area (Å²) in [6.45, 7) is 1.80. The molecule has 0 bridgehead atoms. The first kappa shape index (κ1) is 20.2. The molecule has 3 rings (SSSR count).